The first-order valence-corrected chi connectivity index (χ1v) is 6.86. The number of benzene rings is 1. The van der Waals surface area contributed by atoms with Gasteiger partial charge in [-0.25, -0.2) is 0 Å². The van der Waals surface area contributed by atoms with Crippen molar-refractivity contribution in [2.45, 2.75) is 33.6 Å². The highest BCUT2D eigenvalue weighted by Crippen LogP contribution is 2.27. The number of aryl methyl sites for hydroxylation is 1. The van der Waals surface area contributed by atoms with Gasteiger partial charge >= 0.3 is 0 Å². The highest BCUT2D eigenvalue weighted by atomic mass is 16.5. The third-order valence-corrected chi connectivity index (χ3v) is 3.43. The van der Waals surface area contributed by atoms with Crippen LogP contribution < -0.4 is 10.5 Å². The van der Waals surface area contributed by atoms with Gasteiger partial charge in [0.25, 0.3) is 0 Å². The summed E-state index contributed by atoms with van der Waals surface area (Å²) in [6.45, 7) is 7.93. The molecule has 0 aliphatic rings. The summed E-state index contributed by atoms with van der Waals surface area (Å²) >= 11 is 0. The van der Waals surface area contributed by atoms with Crippen LogP contribution in [-0.4, -0.2) is 16.0 Å². The van der Waals surface area contributed by atoms with Crippen LogP contribution in [0.4, 0.5) is 0 Å². The summed E-state index contributed by atoms with van der Waals surface area (Å²) in [4.78, 5) is 0. The Bertz CT molecular complexity index is 680. The van der Waals surface area contributed by atoms with E-state index in [0.29, 0.717) is 17.2 Å². The third-order valence-electron chi connectivity index (χ3n) is 3.43. The fraction of sp³-hybridized carbons (Fsp3) is 0.312. The summed E-state index contributed by atoms with van der Waals surface area (Å²) in [6.07, 6.45) is 0. The first-order valence-electron chi connectivity index (χ1n) is 6.86. The Balaban J connectivity index is 2.42. The van der Waals surface area contributed by atoms with Crippen molar-refractivity contribution >= 4 is 5.84 Å². The maximum Gasteiger partial charge on any atom is 0.250 e. The molecule has 0 unspecified atom stereocenters. The molecule has 5 nitrogen and oxygen atoms in total. The second-order valence-electron chi connectivity index (χ2n) is 5.33. The van der Waals surface area contributed by atoms with Crippen molar-refractivity contribution in [3.05, 3.63) is 46.6 Å². The number of aromatic nitrogens is 2. The van der Waals surface area contributed by atoms with E-state index in [0.717, 1.165) is 11.3 Å². The van der Waals surface area contributed by atoms with Gasteiger partial charge in [0.1, 0.15) is 11.6 Å². The molecular formula is C16H20N4O. The SMILES string of the molecule is Cc1nnc(Oc2cccc(C(C)C)c2)c(C(=N)N)c1C. The van der Waals surface area contributed by atoms with Gasteiger partial charge in [0.05, 0.1) is 11.3 Å². The van der Waals surface area contributed by atoms with Crippen molar-refractivity contribution in [1.29, 1.82) is 5.41 Å². The van der Waals surface area contributed by atoms with Crippen molar-refractivity contribution in [3.8, 4) is 11.6 Å². The molecule has 0 saturated carbocycles. The minimum absolute atomic E-state index is 0.0690. The number of nitrogens with one attached hydrogen (secondary N) is 1. The second kappa shape index (κ2) is 5.91. The average molecular weight is 284 g/mol. The van der Waals surface area contributed by atoms with E-state index < -0.39 is 0 Å². The summed E-state index contributed by atoms with van der Waals surface area (Å²) in [5.41, 5.74) is 8.88. The number of amidine groups is 1. The van der Waals surface area contributed by atoms with Crippen LogP contribution in [0.15, 0.2) is 24.3 Å². The Labute approximate surface area is 124 Å². The zero-order valence-electron chi connectivity index (χ0n) is 12.8. The van der Waals surface area contributed by atoms with Gasteiger partial charge in [0.2, 0.25) is 5.88 Å². The zero-order valence-corrected chi connectivity index (χ0v) is 12.8. The Morgan fingerprint density at radius 3 is 2.57 bits per heavy atom. The molecule has 0 saturated heterocycles. The molecule has 2 aromatic rings. The maximum absolute atomic E-state index is 7.72. The smallest absolute Gasteiger partial charge is 0.250 e. The molecule has 3 N–H and O–H groups in total. The molecule has 0 fully saturated rings. The highest BCUT2D eigenvalue weighted by molar-refractivity contribution is 5.98. The lowest BCUT2D eigenvalue weighted by Gasteiger charge is -2.13. The molecule has 0 amide bonds. The van der Waals surface area contributed by atoms with Crippen LogP contribution in [0, 0.1) is 19.3 Å². The molecule has 1 heterocycles. The van der Waals surface area contributed by atoms with Crippen molar-refractivity contribution < 1.29 is 4.74 Å². The van der Waals surface area contributed by atoms with Gasteiger partial charge in [-0.05, 0) is 43.0 Å². The van der Waals surface area contributed by atoms with Gasteiger partial charge in [-0.1, -0.05) is 26.0 Å². The molecule has 0 spiro atoms. The summed E-state index contributed by atoms with van der Waals surface area (Å²) in [5.74, 6) is 1.28. The molecular weight excluding hydrogens is 264 g/mol. The minimum atomic E-state index is -0.0690. The van der Waals surface area contributed by atoms with E-state index in [4.69, 9.17) is 15.9 Å². The molecule has 0 bridgehead atoms. The van der Waals surface area contributed by atoms with Crippen LogP contribution in [0.2, 0.25) is 0 Å². The number of nitrogen functional groups attached to an aromatic ring is 1. The molecule has 1 aromatic carbocycles. The van der Waals surface area contributed by atoms with Crippen LogP contribution >= 0.6 is 0 Å². The normalized spacial score (nSPS) is 10.7. The van der Waals surface area contributed by atoms with Gasteiger partial charge in [0, 0.05) is 0 Å². The second-order valence-corrected chi connectivity index (χ2v) is 5.33. The van der Waals surface area contributed by atoms with Gasteiger partial charge in [0.15, 0.2) is 0 Å². The first-order chi connectivity index (χ1) is 9.90. The summed E-state index contributed by atoms with van der Waals surface area (Å²) < 4.78 is 5.80. The van der Waals surface area contributed by atoms with Crippen molar-refractivity contribution in [1.82, 2.24) is 10.2 Å². The molecule has 1 aromatic heterocycles. The van der Waals surface area contributed by atoms with Crippen LogP contribution in [0.3, 0.4) is 0 Å². The molecule has 0 aliphatic carbocycles. The molecule has 21 heavy (non-hydrogen) atoms. The topological polar surface area (TPSA) is 84.9 Å². The number of hydrogen-bond donors (Lipinski definition) is 2. The number of ether oxygens (including phenoxy) is 1. The van der Waals surface area contributed by atoms with E-state index in [2.05, 4.69) is 30.1 Å². The zero-order chi connectivity index (χ0) is 15.6. The molecule has 0 radical (unpaired) electrons. The van der Waals surface area contributed by atoms with Gasteiger partial charge in [-0.3, -0.25) is 5.41 Å². The number of nitrogens with zero attached hydrogens (tertiary/aromatic N) is 2. The molecule has 2 rings (SSSR count). The standard InChI is InChI=1S/C16H20N4O/c1-9(2)12-6-5-7-13(8-12)21-16-14(15(17)18)10(3)11(4)19-20-16/h5-9H,1-4H3,(H3,17,18). The van der Waals surface area contributed by atoms with Crippen molar-refractivity contribution in [2.75, 3.05) is 0 Å². The lowest BCUT2D eigenvalue weighted by Crippen LogP contribution is -2.16. The van der Waals surface area contributed by atoms with E-state index in [1.54, 1.807) is 0 Å². The van der Waals surface area contributed by atoms with E-state index in [1.165, 1.54) is 5.56 Å². The minimum Gasteiger partial charge on any atom is -0.437 e. The first kappa shape index (κ1) is 15.0. The predicted octanol–water partition coefficient (Wildman–Crippen LogP) is 3.29. The lowest BCUT2D eigenvalue weighted by atomic mass is 10.0. The largest absolute Gasteiger partial charge is 0.437 e. The van der Waals surface area contributed by atoms with E-state index in [9.17, 15) is 0 Å². The summed E-state index contributed by atoms with van der Waals surface area (Å²) in [5, 5.41) is 15.8. The van der Waals surface area contributed by atoms with Crippen molar-refractivity contribution in [3.63, 3.8) is 0 Å². The predicted molar refractivity (Wildman–Crippen MR) is 83.1 cm³/mol. The number of rotatable bonds is 4. The molecule has 0 aliphatic heterocycles. The van der Waals surface area contributed by atoms with Crippen molar-refractivity contribution in [2.24, 2.45) is 5.73 Å². The lowest BCUT2D eigenvalue weighted by molar-refractivity contribution is 0.451. The van der Waals surface area contributed by atoms with Gasteiger partial charge in [-0.2, -0.15) is 5.10 Å². The number of nitrogens with two attached hydrogens (primary N) is 1. The summed E-state index contributed by atoms with van der Waals surface area (Å²) in [6, 6.07) is 7.81. The fourth-order valence-electron chi connectivity index (χ4n) is 2.02. The van der Waals surface area contributed by atoms with Gasteiger partial charge < -0.3 is 10.5 Å². The molecule has 5 heteroatoms. The fourth-order valence-corrected chi connectivity index (χ4v) is 2.02. The van der Waals surface area contributed by atoms with Crippen LogP contribution in [-0.2, 0) is 0 Å². The van der Waals surface area contributed by atoms with Crippen LogP contribution in [0.5, 0.6) is 11.6 Å². The third kappa shape index (κ3) is 3.18. The highest BCUT2D eigenvalue weighted by Gasteiger charge is 2.16. The van der Waals surface area contributed by atoms with E-state index in [-0.39, 0.29) is 11.7 Å². The van der Waals surface area contributed by atoms with Gasteiger partial charge in [-0.15, -0.1) is 5.10 Å². The summed E-state index contributed by atoms with van der Waals surface area (Å²) in [7, 11) is 0. The Morgan fingerprint density at radius 2 is 1.95 bits per heavy atom. The maximum atomic E-state index is 7.72. The van der Waals surface area contributed by atoms with Crippen LogP contribution in [0.1, 0.15) is 42.1 Å². The van der Waals surface area contributed by atoms with E-state index >= 15 is 0 Å². The quantitative estimate of drug-likeness (QED) is 0.666. The molecule has 110 valence electrons. The molecule has 0 atom stereocenters. The average Bonchev–Trinajstić information content (AvgIpc) is 2.43. The van der Waals surface area contributed by atoms with E-state index in [1.807, 2.05) is 32.0 Å². The number of hydrogen-bond acceptors (Lipinski definition) is 4. The Kier molecular flexibility index (Phi) is 4.21. The monoisotopic (exact) mass is 284 g/mol. The van der Waals surface area contributed by atoms with Crippen LogP contribution in [0.25, 0.3) is 0 Å². The Hall–Kier alpha value is -2.43. The Morgan fingerprint density at radius 1 is 1.24 bits per heavy atom.